The molecule has 9 nitrogen and oxygen atoms in total. The number of para-hydroxylation sites is 1. The van der Waals surface area contributed by atoms with Gasteiger partial charge in [-0.15, -0.1) is 0 Å². The minimum absolute atomic E-state index is 0.0869. The third-order valence-electron chi connectivity index (χ3n) is 5.72. The van der Waals surface area contributed by atoms with E-state index in [0.717, 1.165) is 12.8 Å². The quantitative estimate of drug-likeness (QED) is 0.775. The van der Waals surface area contributed by atoms with E-state index in [0.29, 0.717) is 45.1 Å². The maximum atomic E-state index is 13.2. The molecule has 3 heterocycles. The van der Waals surface area contributed by atoms with Crippen molar-refractivity contribution >= 4 is 29.2 Å². The summed E-state index contributed by atoms with van der Waals surface area (Å²) >= 11 is 0. The smallest absolute Gasteiger partial charge is 0.290 e. The van der Waals surface area contributed by atoms with Gasteiger partial charge in [0.25, 0.3) is 11.8 Å². The second-order valence-corrected chi connectivity index (χ2v) is 7.80. The van der Waals surface area contributed by atoms with Crippen LogP contribution < -0.4 is 10.4 Å². The van der Waals surface area contributed by atoms with Crippen LogP contribution in [-0.4, -0.2) is 78.8 Å². The number of carbonyl (C=O) groups is 3. The largest absolute Gasteiger partial charge is 0.378 e. The van der Waals surface area contributed by atoms with Gasteiger partial charge < -0.3 is 14.5 Å². The van der Waals surface area contributed by atoms with Gasteiger partial charge in [0.2, 0.25) is 11.7 Å². The zero-order valence-corrected chi connectivity index (χ0v) is 17.1. The first kappa shape index (κ1) is 20.3. The highest BCUT2D eigenvalue weighted by Gasteiger charge is 2.36. The van der Waals surface area contributed by atoms with Gasteiger partial charge >= 0.3 is 0 Å². The molecular weight excluding hydrogens is 386 g/mol. The third-order valence-corrected chi connectivity index (χ3v) is 5.72. The Morgan fingerprint density at radius 3 is 2.57 bits per heavy atom. The molecule has 1 aromatic rings. The molecular formula is C21H27N5O4. The number of hydrogen-bond donors (Lipinski definition) is 1. The van der Waals surface area contributed by atoms with Crippen LogP contribution in [0.4, 0.5) is 5.69 Å². The van der Waals surface area contributed by atoms with Crippen LogP contribution in [0.15, 0.2) is 35.3 Å². The summed E-state index contributed by atoms with van der Waals surface area (Å²) in [5, 5.41) is 1.37. The Balaban J connectivity index is 1.45. The van der Waals surface area contributed by atoms with Crippen molar-refractivity contribution in [2.75, 3.05) is 44.4 Å². The Hall–Kier alpha value is -2.94. The van der Waals surface area contributed by atoms with Crippen LogP contribution in [0.1, 0.15) is 19.8 Å². The number of amides is 3. The molecule has 2 saturated heterocycles. The van der Waals surface area contributed by atoms with Crippen LogP contribution in [-0.2, 0) is 19.1 Å². The van der Waals surface area contributed by atoms with Crippen molar-refractivity contribution in [1.82, 2.24) is 15.2 Å². The summed E-state index contributed by atoms with van der Waals surface area (Å²) in [6.07, 6.45) is 1.53. The molecule has 3 aliphatic rings. The maximum Gasteiger partial charge on any atom is 0.290 e. The second kappa shape index (κ2) is 8.83. The molecule has 3 amide bonds. The fraction of sp³-hybridized carbons (Fsp3) is 0.524. The average Bonchev–Trinajstić information content (AvgIpc) is 2.81. The number of likely N-dealkylation sites (tertiary alicyclic amines) is 1. The predicted octanol–water partition coefficient (Wildman–Crippen LogP) is 0.422. The first-order valence-electron chi connectivity index (χ1n) is 10.4. The molecule has 1 aromatic carbocycles. The van der Waals surface area contributed by atoms with Gasteiger partial charge in [0, 0.05) is 26.2 Å². The number of ether oxygens (including phenoxy) is 1. The van der Waals surface area contributed by atoms with Crippen molar-refractivity contribution in [3.05, 3.63) is 30.3 Å². The molecule has 4 rings (SSSR count). The molecule has 2 atom stereocenters. The van der Waals surface area contributed by atoms with E-state index in [4.69, 9.17) is 4.74 Å². The van der Waals surface area contributed by atoms with Crippen molar-refractivity contribution in [3.8, 4) is 0 Å². The lowest BCUT2D eigenvalue weighted by Crippen LogP contribution is -2.59. The molecule has 30 heavy (non-hydrogen) atoms. The minimum Gasteiger partial charge on any atom is -0.378 e. The van der Waals surface area contributed by atoms with Crippen molar-refractivity contribution in [1.29, 1.82) is 0 Å². The van der Waals surface area contributed by atoms with Crippen molar-refractivity contribution in [2.24, 2.45) is 10.9 Å². The maximum absolute atomic E-state index is 13.2. The molecule has 0 saturated carbocycles. The van der Waals surface area contributed by atoms with Gasteiger partial charge in [-0.3, -0.25) is 19.8 Å². The Bertz CT molecular complexity index is 837. The summed E-state index contributed by atoms with van der Waals surface area (Å²) < 4.78 is 5.33. The summed E-state index contributed by atoms with van der Waals surface area (Å²) in [5.74, 6) is -0.505. The number of aliphatic imine (C=N–C) groups is 1. The summed E-state index contributed by atoms with van der Waals surface area (Å²) in [7, 11) is 0. The number of hydrogen-bond acceptors (Lipinski definition) is 6. The highest BCUT2D eigenvalue weighted by atomic mass is 16.5. The van der Waals surface area contributed by atoms with Gasteiger partial charge in [-0.25, -0.2) is 10.0 Å². The van der Waals surface area contributed by atoms with Crippen LogP contribution in [0.25, 0.3) is 0 Å². The SMILES string of the molecule is C[C@@H]1N=C(C(=O)N2CCC[C@@H](C(=O)N3CCOCC3)C2)NN(c2ccccc2)C1=O. The monoisotopic (exact) mass is 413 g/mol. The van der Waals surface area contributed by atoms with Crippen LogP contribution in [0.5, 0.6) is 0 Å². The van der Waals surface area contributed by atoms with E-state index in [1.165, 1.54) is 5.01 Å². The number of piperidine rings is 1. The van der Waals surface area contributed by atoms with Crippen molar-refractivity contribution in [2.45, 2.75) is 25.8 Å². The van der Waals surface area contributed by atoms with E-state index in [-0.39, 0.29) is 29.5 Å². The first-order valence-corrected chi connectivity index (χ1v) is 10.4. The molecule has 3 aliphatic heterocycles. The highest BCUT2D eigenvalue weighted by Crippen LogP contribution is 2.21. The van der Waals surface area contributed by atoms with E-state index in [1.54, 1.807) is 24.0 Å². The summed E-state index contributed by atoms with van der Waals surface area (Å²) in [6.45, 7) is 4.93. The fourth-order valence-electron chi connectivity index (χ4n) is 4.05. The van der Waals surface area contributed by atoms with Crippen LogP contribution >= 0.6 is 0 Å². The van der Waals surface area contributed by atoms with E-state index >= 15 is 0 Å². The lowest BCUT2D eigenvalue weighted by atomic mass is 9.96. The molecule has 9 heteroatoms. The summed E-state index contributed by atoms with van der Waals surface area (Å²) in [4.78, 5) is 46.4. The highest BCUT2D eigenvalue weighted by molar-refractivity contribution is 6.39. The lowest BCUT2D eigenvalue weighted by Gasteiger charge is -2.37. The van der Waals surface area contributed by atoms with E-state index in [1.807, 2.05) is 23.1 Å². The lowest BCUT2D eigenvalue weighted by molar-refractivity contribution is -0.142. The second-order valence-electron chi connectivity index (χ2n) is 7.80. The Morgan fingerprint density at radius 2 is 1.83 bits per heavy atom. The number of carbonyl (C=O) groups excluding carboxylic acids is 3. The van der Waals surface area contributed by atoms with Crippen molar-refractivity contribution < 1.29 is 19.1 Å². The number of benzene rings is 1. The number of amidine groups is 1. The van der Waals surface area contributed by atoms with Gasteiger partial charge in [0.15, 0.2) is 0 Å². The van der Waals surface area contributed by atoms with Gasteiger partial charge in [-0.2, -0.15) is 0 Å². The van der Waals surface area contributed by atoms with Crippen LogP contribution in [0, 0.1) is 5.92 Å². The first-order chi connectivity index (χ1) is 14.5. The predicted molar refractivity (Wildman–Crippen MR) is 111 cm³/mol. The molecule has 0 radical (unpaired) electrons. The molecule has 1 N–H and O–H groups in total. The number of anilines is 1. The Labute approximate surface area is 175 Å². The summed E-state index contributed by atoms with van der Waals surface area (Å²) in [6, 6.07) is 8.44. The van der Waals surface area contributed by atoms with E-state index in [9.17, 15) is 14.4 Å². The Kier molecular flexibility index (Phi) is 5.98. The van der Waals surface area contributed by atoms with Crippen LogP contribution in [0.3, 0.4) is 0 Å². The van der Waals surface area contributed by atoms with Gasteiger partial charge in [0.05, 0.1) is 24.8 Å². The topological polar surface area (TPSA) is 94.6 Å². The molecule has 0 spiro atoms. The number of nitrogens with one attached hydrogen (secondary N) is 1. The molecule has 0 bridgehead atoms. The van der Waals surface area contributed by atoms with Gasteiger partial charge in [-0.05, 0) is 31.9 Å². The zero-order chi connectivity index (χ0) is 21.1. The molecule has 0 aromatic heterocycles. The molecule has 2 fully saturated rings. The third kappa shape index (κ3) is 4.16. The number of rotatable bonds is 3. The zero-order valence-electron chi connectivity index (χ0n) is 17.1. The normalized spacial score (nSPS) is 24.9. The van der Waals surface area contributed by atoms with Gasteiger partial charge in [0.1, 0.15) is 6.04 Å². The standard InChI is InChI=1S/C21H27N5O4/c1-15-19(27)26(17-7-3-2-4-8-17)23-18(22-15)21(29)25-9-5-6-16(14-25)20(28)24-10-12-30-13-11-24/h2-4,7-8,15-16H,5-6,9-14H2,1H3,(H,22,23)/t15-,16+/m0/s1. The average molecular weight is 413 g/mol. The van der Waals surface area contributed by atoms with E-state index < -0.39 is 6.04 Å². The van der Waals surface area contributed by atoms with E-state index in [2.05, 4.69) is 10.4 Å². The van der Waals surface area contributed by atoms with Crippen molar-refractivity contribution in [3.63, 3.8) is 0 Å². The number of hydrazine groups is 1. The minimum atomic E-state index is -0.666. The molecule has 0 unspecified atom stereocenters. The fourth-order valence-corrected chi connectivity index (χ4v) is 4.05. The van der Waals surface area contributed by atoms with Gasteiger partial charge in [-0.1, -0.05) is 18.2 Å². The Morgan fingerprint density at radius 1 is 1.10 bits per heavy atom. The number of nitrogens with zero attached hydrogens (tertiary/aromatic N) is 4. The molecule has 160 valence electrons. The molecule has 0 aliphatic carbocycles. The summed E-state index contributed by atoms with van der Waals surface area (Å²) in [5.41, 5.74) is 3.53. The van der Waals surface area contributed by atoms with Crippen LogP contribution in [0.2, 0.25) is 0 Å². The number of morpholine rings is 1.